The maximum absolute atomic E-state index is 11.0. The fourth-order valence-corrected chi connectivity index (χ4v) is 2.41. The molecule has 0 saturated heterocycles. The molecule has 0 aliphatic carbocycles. The van der Waals surface area contributed by atoms with Gasteiger partial charge in [0, 0.05) is 5.02 Å². The zero-order chi connectivity index (χ0) is 18.1. The highest BCUT2D eigenvalue weighted by molar-refractivity contribution is 6.30. The summed E-state index contributed by atoms with van der Waals surface area (Å²) in [4.78, 5) is 21.4. The highest BCUT2D eigenvalue weighted by atomic mass is 35.5. The molecule has 2 rings (SSSR count). The number of hydrogen-bond acceptors (Lipinski definition) is 2. The lowest BCUT2D eigenvalue weighted by molar-refractivity contribution is -0.139. The topological polar surface area (TPSA) is 80.4 Å². The van der Waals surface area contributed by atoms with Crippen LogP contribution in [-0.2, 0) is 16.0 Å². The highest BCUT2D eigenvalue weighted by Crippen LogP contribution is 2.25. The van der Waals surface area contributed by atoms with Gasteiger partial charge in [0.05, 0.1) is 12.3 Å². The third kappa shape index (κ3) is 6.84. The van der Waals surface area contributed by atoms with E-state index in [1.165, 1.54) is 0 Å². The molecule has 1 atom stereocenters. The van der Waals surface area contributed by atoms with Crippen LogP contribution >= 0.6 is 11.6 Å². The van der Waals surface area contributed by atoms with Gasteiger partial charge >= 0.3 is 5.97 Å². The summed E-state index contributed by atoms with van der Waals surface area (Å²) in [7, 11) is 0. The molecular weight excluding hydrogens is 326 g/mol. The predicted molar refractivity (Wildman–Crippen MR) is 96.0 cm³/mol. The van der Waals surface area contributed by atoms with Crippen LogP contribution in [0.3, 0.4) is 0 Å². The summed E-state index contributed by atoms with van der Waals surface area (Å²) in [6, 6.07) is 16.4. The molecule has 0 aliphatic rings. The second-order valence-electron chi connectivity index (χ2n) is 5.74. The summed E-state index contributed by atoms with van der Waals surface area (Å²) in [6.45, 7) is 3.79. The SMILES string of the molecule is CC(C)C(C(=O)O)c1ccc(Cl)cc1.NC(=O)Cc1ccccc1. The van der Waals surface area contributed by atoms with Crippen molar-refractivity contribution in [1.29, 1.82) is 0 Å². The Morgan fingerprint density at radius 1 is 1.04 bits per heavy atom. The lowest BCUT2D eigenvalue weighted by Crippen LogP contribution is -2.17. The first-order valence-electron chi connectivity index (χ1n) is 7.61. The van der Waals surface area contributed by atoms with Gasteiger partial charge in [-0.3, -0.25) is 9.59 Å². The molecule has 1 unspecified atom stereocenters. The Morgan fingerprint density at radius 3 is 2.00 bits per heavy atom. The van der Waals surface area contributed by atoms with Gasteiger partial charge < -0.3 is 10.8 Å². The Morgan fingerprint density at radius 2 is 1.58 bits per heavy atom. The van der Waals surface area contributed by atoms with Gasteiger partial charge in [0.1, 0.15) is 0 Å². The maximum atomic E-state index is 11.0. The van der Waals surface area contributed by atoms with Crippen LogP contribution in [0.15, 0.2) is 54.6 Å². The summed E-state index contributed by atoms with van der Waals surface area (Å²) >= 11 is 5.73. The van der Waals surface area contributed by atoms with E-state index in [0.717, 1.165) is 11.1 Å². The van der Waals surface area contributed by atoms with Crippen molar-refractivity contribution in [2.75, 3.05) is 0 Å². The van der Waals surface area contributed by atoms with Crippen molar-refractivity contribution < 1.29 is 14.7 Å². The predicted octanol–water partition coefficient (Wildman–Crippen LogP) is 3.88. The summed E-state index contributed by atoms with van der Waals surface area (Å²) in [5.74, 6) is -1.45. The lowest BCUT2D eigenvalue weighted by atomic mass is 9.89. The molecule has 0 spiro atoms. The maximum Gasteiger partial charge on any atom is 0.311 e. The van der Waals surface area contributed by atoms with Crippen molar-refractivity contribution in [2.45, 2.75) is 26.2 Å². The summed E-state index contributed by atoms with van der Waals surface area (Å²) in [5.41, 5.74) is 6.76. The van der Waals surface area contributed by atoms with Gasteiger partial charge in [-0.05, 0) is 29.2 Å². The van der Waals surface area contributed by atoms with E-state index in [1.807, 2.05) is 44.2 Å². The lowest BCUT2D eigenvalue weighted by Gasteiger charge is -2.16. The van der Waals surface area contributed by atoms with Crippen LogP contribution in [0.5, 0.6) is 0 Å². The Labute approximate surface area is 147 Å². The highest BCUT2D eigenvalue weighted by Gasteiger charge is 2.23. The van der Waals surface area contributed by atoms with Gasteiger partial charge in [-0.2, -0.15) is 0 Å². The van der Waals surface area contributed by atoms with E-state index in [2.05, 4.69) is 0 Å². The molecule has 0 saturated carbocycles. The van der Waals surface area contributed by atoms with Gasteiger partial charge in [-0.1, -0.05) is 67.9 Å². The zero-order valence-corrected chi connectivity index (χ0v) is 14.5. The molecule has 0 heterocycles. The van der Waals surface area contributed by atoms with E-state index in [0.29, 0.717) is 11.4 Å². The van der Waals surface area contributed by atoms with Crippen molar-refractivity contribution in [3.8, 4) is 0 Å². The molecular formula is C19H22ClNO3. The van der Waals surface area contributed by atoms with Gasteiger partial charge in [0.2, 0.25) is 5.91 Å². The third-order valence-electron chi connectivity index (χ3n) is 3.38. The second-order valence-corrected chi connectivity index (χ2v) is 6.18. The minimum absolute atomic E-state index is 0.0775. The van der Waals surface area contributed by atoms with Crippen molar-refractivity contribution in [3.63, 3.8) is 0 Å². The Hall–Kier alpha value is -2.33. The third-order valence-corrected chi connectivity index (χ3v) is 3.63. The van der Waals surface area contributed by atoms with E-state index < -0.39 is 11.9 Å². The second kappa shape index (κ2) is 9.73. The monoisotopic (exact) mass is 347 g/mol. The molecule has 0 aromatic heterocycles. The van der Waals surface area contributed by atoms with Crippen LogP contribution in [0.25, 0.3) is 0 Å². The van der Waals surface area contributed by atoms with Gasteiger partial charge in [-0.25, -0.2) is 0 Å². The fourth-order valence-electron chi connectivity index (χ4n) is 2.28. The number of hydrogen-bond donors (Lipinski definition) is 2. The number of primary amides is 1. The molecule has 0 aliphatic heterocycles. The van der Waals surface area contributed by atoms with Gasteiger partial charge in [-0.15, -0.1) is 0 Å². The van der Waals surface area contributed by atoms with Crippen LogP contribution < -0.4 is 5.73 Å². The minimum Gasteiger partial charge on any atom is -0.481 e. The van der Waals surface area contributed by atoms with Crippen LogP contribution in [-0.4, -0.2) is 17.0 Å². The van der Waals surface area contributed by atoms with E-state index in [9.17, 15) is 9.59 Å². The average molecular weight is 348 g/mol. The first-order chi connectivity index (χ1) is 11.3. The molecule has 5 heteroatoms. The van der Waals surface area contributed by atoms with Crippen molar-refractivity contribution in [2.24, 2.45) is 11.7 Å². The number of carboxylic acids is 1. The van der Waals surface area contributed by atoms with Crippen LogP contribution in [0, 0.1) is 5.92 Å². The van der Waals surface area contributed by atoms with Crippen LogP contribution in [0.1, 0.15) is 30.9 Å². The largest absolute Gasteiger partial charge is 0.481 e. The van der Waals surface area contributed by atoms with Crippen molar-refractivity contribution in [1.82, 2.24) is 0 Å². The number of nitrogens with two attached hydrogens (primary N) is 1. The summed E-state index contributed by atoms with van der Waals surface area (Å²) in [6.07, 6.45) is 0.334. The Kier molecular flexibility index (Phi) is 7.99. The molecule has 2 aromatic carbocycles. The number of carboxylic acid groups (broad SMARTS) is 1. The van der Waals surface area contributed by atoms with Crippen LogP contribution in [0.4, 0.5) is 0 Å². The van der Waals surface area contributed by atoms with E-state index in [-0.39, 0.29) is 11.8 Å². The van der Waals surface area contributed by atoms with E-state index >= 15 is 0 Å². The minimum atomic E-state index is -0.790. The average Bonchev–Trinajstić information content (AvgIpc) is 2.50. The molecule has 0 radical (unpaired) electrons. The van der Waals surface area contributed by atoms with E-state index in [1.54, 1.807) is 24.3 Å². The quantitative estimate of drug-likeness (QED) is 0.861. The Bertz CT molecular complexity index is 654. The molecule has 1 amide bonds. The van der Waals surface area contributed by atoms with Gasteiger partial charge in [0.15, 0.2) is 0 Å². The molecule has 24 heavy (non-hydrogen) atoms. The number of amides is 1. The summed E-state index contributed by atoms with van der Waals surface area (Å²) < 4.78 is 0. The number of carbonyl (C=O) groups is 2. The first kappa shape index (κ1) is 19.7. The number of benzene rings is 2. The number of aliphatic carboxylic acids is 1. The van der Waals surface area contributed by atoms with Crippen LogP contribution in [0.2, 0.25) is 5.02 Å². The zero-order valence-electron chi connectivity index (χ0n) is 13.8. The number of rotatable bonds is 5. The van der Waals surface area contributed by atoms with Crippen molar-refractivity contribution in [3.05, 3.63) is 70.7 Å². The molecule has 0 bridgehead atoms. The van der Waals surface area contributed by atoms with Crippen molar-refractivity contribution >= 4 is 23.5 Å². The molecule has 4 nitrogen and oxygen atoms in total. The molecule has 3 N–H and O–H groups in total. The summed E-state index contributed by atoms with van der Waals surface area (Å²) in [5, 5.41) is 9.66. The normalized spacial score (nSPS) is 11.3. The first-order valence-corrected chi connectivity index (χ1v) is 7.99. The number of carbonyl (C=O) groups excluding carboxylic acids is 1. The smallest absolute Gasteiger partial charge is 0.311 e. The fraction of sp³-hybridized carbons (Fsp3) is 0.263. The molecule has 128 valence electrons. The molecule has 0 fully saturated rings. The standard InChI is InChI=1S/C11H13ClO2.C8H9NO/c1-7(2)10(11(13)14)8-3-5-9(12)6-4-8;9-8(10)6-7-4-2-1-3-5-7/h3-7,10H,1-2H3,(H,13,14);1-5H,6H2,(H2,9,10). The number of halogens is 1. The molecule has 2 aromatic rings. The van der Waals surface area contributed by atoms with E-state index in [4.69, 9.17) is 22.4 Å². The van der Waals surface area contributed by atoms with Gasteiger partial charge in [0.25, 0.3) is 0 Å². The Balaban J connectivity index is 0.000000254.